The topological polar surface area (TPSA) is 608 Å². The third-order valence-corrected chi connectivity index (χ3v) is 22.5. The number of ether oxygens (including phenoxy) is 12. The predicted molar refractivity (Wildman–Crippen MR) is 557 cm³/mol. The Balaban J connectivity index is -0.000000266. The van der Waals surface area contributed by atoms with Gasteiger partial charge in [0.25, 0.3) is 5.79 Å². The van der Waals surface area contributed by atoms with Crippen molar-refractivity contribution >= 4 is 111 Å². The molecule has 0 spiro atoms. The van der Waals surface area contributed by atoms with E-state index in [0.29, 0.717) is 62.1 Å². The quantitative estimate of drug-likeness (QED) is 0.00698. The van der Waals surface area contributed by atoms with Crippen molar-refractivity contribution in [3.8, 4) is 0 Å². The van der Waals surface area contributed by atoms with Crippen LogP contribution >= 0.6 is 15.9 Å². The second kappa shape index (κ2) is 68.3. The van der Waals surface area contributed by atoms with Crippen molar-refractivity contribution in [3.63, 3.8) is 0 Å². The van der Waals surface area contributed by atoms with Gasteiger partial charge in [-0.15, -0.1) is 19.7 Å². The van der Waals surface area contributed by atoms with E-state index < -0.39 is 124 Å². The Morgan fingerprint density at radius 3 is 0.827 bits per heavy atom. The molecule has 6 aromatic rings. The Morgan fingerprint density at radius 1 is 0.353 bits per heavy atom. The van der Waals surface area contributed by atoms with Gasteiger partial charge in [0.1, 0.15) is 0 Å². The number of carbonyl (C=O) groups is 16. The summed E-state index contributed by atoms with van der Waals surface area (Å²) in [7, 11) is 13.7. The van der Waals surface area contributed by atoms with E-state index >= 15 is 0 Å². The first-order valence-corrected chi connectivity index (χ1v) is 46.6. The van der Waals surface area contributed by atoms with Gasteiger partial charge >= 0.3 is 156 Å². The van der Waals surface area contributed by atoms with E-state index in [0.717, 1.165) is 46.7 Å². The van der Waals surface area contributed by atoms with Crippen LogP contribution in [0.3, 0.4) is 0 Å². The SMILES string of the molecule is C=CCCBr.C=CCCC(Cc1cc(C(=O)O)cc(C(C)(C)C)c1)(C(=O)O)C(=O)O.C=CCCC(Cc1cc(C(=O)OC)cc(C(C)(C)C)c1)(C(=O)OC)C(=O)OC.CO.COC(=O)c1cc(C(=O)O)cc(C(C)(C)C)c1.COC(=O)c1cc(C(=O)OC)cc(C(C)(C)C)c1.COC(=O)c1cc(CC(C(=O)OC)C(=O)OC)cc(C(C)(C)C)c1.COC(=O)c1cc(CC2C(=O)OC(C)(C)OC2=O)cc(C(C)(C)C)c1.O.O.[H+].[Na+].[Na+].[OH-].[OH-]. The van der Waals surface area contributed by atoms with E-state index in [4.69, 9.17) is 43.4 Å². The number of hydrogen-bond acceptors (Lipinski definition) is 31. The monoisotopic (exact) mass is 2190 g/mol. The van der Waals surface area contributed by atoms with Gasteiger partial charge in [-0.2, -0.15) is 0 Å². The molecule has 40 heteroatoms. The number of esters is 12. The minimum Gasteiger partial charge on any atom is -0.870 e. The van der Waals surface area contributed by atoms with E-state index in [2.05, 4.69) is 59.4 Å². The summed E-state index contributed by atoms with van der Waals surface area (Å²) in [4.78, 5) is 190. The van der Waals surface area contributed by atoms with Crippen molar-refractivity contribution in [1.82, 2.24) is 0 Å². The van der Waals surface area contributed by atoms with E-state index in [9.17, 15) is 92.0 Å². The molecule has 37 nitrogen and oxygen atoms in total. The summed E-state index contributed by atoms with van der Waals surface area (Å²) in [5.41, 5.74) is 4.59. The van der Waals surface area contributed by atoms with E-state index in [1.54, 1.807) is 72.8 Å². The second-order valence-corrected chi connectivity index (χ2v) is 40.5. The largest absolute Gasteiger partial charge is 1.00 e. The number of alkyl halides is 1. The molecule has 0 radical (unpaired) electrons. The molecule has 6 aromatic carbocycles. The van der Waals surface area contributed by atoms with E-state index in [1.807, 2.05) is 149 Å². The van der Waals surface area contributed by atoms with Crippen molar-refractivity contribution in [2.75, 3.05) is 83.5 Å². The predicted octanol–water partition coefficient (Wildman–Crippen LogP) is 10.7. The van der Waals surface area contributed by atoms with Crippen LogP contribution in [0.15, 0.2) is 147 Å². The van der Waals surface area contributed by atoms with Gasteiger partial charge in [0.15, 0.2) is 22.7 Å². The van der Waals surface area contributed by atoms with Gasteiger partial charge in [-0.1, -0.05) is 183 Å². The first-order chi connectivity index (χ1) is 66.5. The molecule has 1 heterocycles. The second-order valence-electron chi connectivity index (χ2n) is 39.7. The Bertz CT molecular complexity index is 5440. The minimum absolute atomic E-state index is 0. The number of allylic oxidation sites excluding steroid dienone is 3. The van der Waals surface area contributed by atoms with Crippen molar-refractivity contribution in [2.24, 2.45) is 22.7 Å². The normalized spacial score (nSPS) is 11.7. The van der Waals surface area contributed by atoms with Crippen LogP contribution < -0.4 is 59.1 Å². The molecule has 1 aliphatic heterocycles. The molecule has 0 unspecified atom stereocenters. The molecule has 7 rings (SSSR count). The number of aromatic carboxylic acids is 2. The van der Waals surface area contributed by atoms with Gasteiger partial charge in [-0.3, -0.25) is 38.4 Å². The zero-order chi connectivity index (χ0) is 112. The van der Waals surface area contributed by atoms with Gasteiger partial charge in [-0.25, -0.2) is 38.4 Å². The maximum atomic E-state index is 12.7. The van der Waals surface area contributed by atoms with Crippen LogP contribution in [0.1, 0.15) is 311 Å². The number of aliphatic carboxylic acids is 2. The minimum atomic E-state index is -2.03. The number of methoxy groups -OCH3 is 10. The Hall–Kier alpha value is -11.7. The molecule has 11 N–H and O–H groups in total. The number of carboxylic acids is 4. The van der Waals surface area contributed by atoms with Gasteiger partial charge in [0.05, 0.1) is 116 Å². The Labute approximate surface area is 934 Å². The zero-order valence-electron chi connectivity index (χ0n) is 93.9. The number of halogens is 1. The maximum absolute atomic E-state index is 12.7. The molecule has 1 saturated heterocycles. The van der Waals surface area contributed by atoms with Crippen molar-refractivity contribution in [3.05, 3.63) is 247 Å². The molecular weight excluding hydrogens is 2040 g/mol. The molecule has 0 atom stereocenters. The van der Waals surface area contributed by atoms with E-state index in [1.165, 1.54) is 115 Å². The molecule has 0 saturated carbocycles. The molecule has 0 amide bonds. The number of carbonyl (C=O) groups excluding carboxylic acids is 12. The van der Waals surface area contributed by atoms with Crippen LogP contribution in [-0.2, 0) is 153 Å². The summed E-state index contributed by atoms with van der Waals surface area (Å²) in [6.07, 6.45) is 6.68. The number of aliphatic hydroxyl groups is 1. The number of cyclic esters (lactones) is 2. The average Bonchev–Trinajstić information content (AvgIpc) is 0.777. The van der Waals surface area contributed by atoms with Crippen LogP contribution in [0.4, 0.5) is 0 Å². The molecule has 1 aliphatic rings. The number of rotatable bonds is 30. The Morgan fingerprint density at radius 2 is 0.580 bits per heavy atom. The third-order valence-electron chi connectivity index (χ3n) is 22.0. The first kappa shape index (κ1) is 151. The maximum Gasteiger partial charge on any atom is 1.00 e. The number of hydrogen-bond donors (Lipinski definition) is 5. The third kappa shape index (κ3) is 47.9. The van der Waals surface area contributed by atoms with Gasteiger partial charge < -0.3 is 104 Å². The molecule has 0 aliphatic carbocycles. The van der Waals surface area contributed by atoms with Crippen molar-refractivity contribution < 1.29 is 242 Å². The Kier molecular flexibility index (Phi) is 68.9. The molecule has 0 aromatic heterocycles. The van der Waals surface area contributed by atoms with E-state index in [-0.39, 0.29) is 177 Å². The average molecular weight is 2190 g/mol. The van der Waals surface area contributed by atoms with Gasteiger partial charge in [-0.05, 0) is 231 Å². The molecule has 150 heavy (non-hydrogen) atoms. The standard InChI is InChI=1S/C22H30O6.2C19H24O6.C18H24O6.C14H18O4.C13H16O4.C4H7Br.CH4O.2Na.4H2O/c1-8-9-10-22(19(24)27-6,20(25)28-7)14-15-11-16(18(23)26-5)13-17(12-15)21(2,3)4;1-18(2,3)13-8-11(7-12(10-13)15(20)23-6)9-14-16(21)24-19(4,5)25-17(14)22;1-5-6-7-19(16(22)23,17(24)25)11-12-8-13(15(20)21)10-14(9-12)18(2,3)4;1-18(2,3)13-8-11(7-12(10-13)15(19)22-4)9-14(16(20)23-5)17(21)24-6;1-14(2,3)11-7-9(12(15)17-4)6-10(8-11)13(16)18-5;1-13(2,3)10-6-8(11(14)15)5-9(7-10)12(16)17-4;1-2-3-4-5;1-2;;;;;;/h8,11-13H,1,9-10,14H2,2-7H3;7-8,10,14H,9H2,1-6H3;5,8-10H,1,6-7,11H2,2-4H3,(H,20,21)(H,22,23)(H,24,25);7-8,10,14H,9H2,1-6H3;6-8H,1-5H3;5-7H,1-4H3,(H,14,15);2H,1,3-4H2;2H,1H3;;;4*1H2/q;;;;;;;;2*+1;;;;/p-1. The summed E-state index contributed by atoms with van der Waals surface area (Å²) in [6.45, 7) is 49.4. The van der Waals surface area contributed by atoms with Gasteiger partial charge in [0.2, 0.25) is 0 Å². The fraction of sp³-hybridized carbons (Fsp3) is 0.473. The number of benzene rings is 6. The summed E-state index contributed by atoms with van der Waals surface area (Å²) < 4.78 is 57.9. The molecule has 0 bridgehead atoms. The van der Waals surface area contributed by atoms with Gasteiger partial charge in [0, 0.05) is 26.3 Å². The van der Waals surface area contributed by atoms with Crippen molar-refractivity contribution in [2.45, 2.75) is 235 Å². The van der Waals surface area contributed by atoms with Crippen molar-refractivity contribution in [1.29, 1.82) is 0 Å². The zero-order valence-corrected chi connectivity index (χ0v) is 98.5. The first-order valence-electron chi connectivity index (χ1n) is 45.5. The fourth-order valence-electron chi connectivity index (χ4n) is 13.6. The number of carboxylic acid groups (broad SMARTS) is 4. The molecular formula is C110H154BrNa2O37+. The molecule has 824 valence electrons. The van der Waals surface area contributed by atoms with Crippen LogP contribution in [0.25, 0.3) is 0 Å². The fourth-order valence-corrected chi connectivity index (χ4v) is 13.9. The summed E-state index contributed by atoms with van der Waals surface area (Å²) in [5, 5.41) is 45.5. The van der Waals surface area contributed by atoms with Crippen LogP contribution in [0, 0.1) is 22.7 Å². The smallest absolute Gasteiger partial charge is 0.870 e. The molecule has 1 fully saturated rings. The van der Waals surface area contributed by atoms with Crippen LogP contribution in [0.2, 0.25) is 0 Å². The number of aliphatic hydroxyl groups excluding tert-OH is 1. The van der Waals surface area contributed by atoms with Crippen LogP contribution in [0.5, 0.6) is 0 Å². The summed E-state index contributed by atoms with van der Waals surface area (Å²) in [5.74, 6) is -15.3. The van der Waals surface area contributed by atoms with Crippen LogP contribution in [-0.4, -0.2) is 232 Å². The summed E-state index contributed by atoms with van der Waals surface area (Å²) in [6, 6.07) is 29.8. The summed E-state index contributed by atoms with van der Waals surface area (Å²) >= 11 is 3.24.